The van der Waals surface area contributed by atoms with Gasteiger partial charge in [0.1, 0.15) is 12.0 Å². The van der Waals surface area contributed by atoms with Gasteiger partial charge in [0.2, 0.25) is 0 Å². The molecule has 0 aliphatic heterocycles. The Morgan fingerprint density at radius 3 is 2.55 bits per heavy atom. The van der Waals surface area contributed by atoms with Gasteiger partial charge in [-0.1, -0.05) is 42.5 Å². The lowest BCUT2D eigenvalue weighted by molar-refractivity contribution is -0.192. The van der Waals surface area contributed by atoms with Crippen LogP contribution in [-0.2, 0) is 4.79 Å². The Hall–Kier alpha value is -6.03. The van der Waals surface area contributed by atoms with E-state index in [2.05, 4.69) is 31.4 Å². The first kappa shape index (κ1) is 29.5. The number of hydrogen-bond acceptors (Lipinski definition) is 6. The fourth-order valence-corrected chi connectivity index (χ4v) is 4.54. The van der Waals surface area contributed by atoms with E-state index in [1.54, 1.807) is 10.9 Å². The standard InChI is InChI=1S/C29H21N7O.C2HF3O2/c30-12-10-26(36-17-23(16-34-36)27-25-11-13-31-28(25)33-18-32-27)21-6-3-7-24(15-21)35-29(37)22-9-8-19-4-1-2-5-20(19)14-22;3-2(4,5)1(6)7/h1-9,11,13-18,26H,10H2,(H,35,37)(H,31,32,33);(H,6,7). The molecule has 0 radical (unpaired) electrons. The van der Waals surface area contributed by atoms with Crippen LogP contribution in [0.4, 0.5) is 18.9 Å². The molecule has 3 aromatic carbocycles. The topological polar surface area (TPSA) is 150 Å². The van der Waals surface area contributed by atoms with Gasteiger partial charge in [0.25, 0.3) is 5.91 Å². The zero-order valence-electron chi connectivity index (χ0n) is 22.7. The van der Waals surface area contributed by atoms with Crippen LogP contribution in [0.1, 0.15) is 28.4 Å². The third-order valence-electron chi connectivity index (χ3n) is 6.62. The Kier molecular flexibility index (Phi) is 8.34. The first-order chi connectivity index (χ1) is 21.1. The predicted octanol–water partition coefficient (Wildman–Crippen LogP) is 6.36. The summed E-state index contributed by atoms with van der Waals surface area (Å²) in [4.78, 5) is 33.7. The van der Waals surface area contributed by atoms with Gasteiger partial charge in [-0.05, 0) is 46.7 Å². The molecule has 1 atom stereocenters. The highest BCUT2D eigenvalue weighted by atomic mass is 19.4. The number of nitriles is 1. The number of amides is 1. The number of aromatic nitrogens is 5. The van der Waals surface area contributed by atoms with Crippen molar-refractivity contribution >= 4 is 39.4 Å². The molecular formula is C31H22F3N7O3. The Bertz CT molecular complexity index is 2010. The molecule has 6 aromatic rings. The van der Waals surface area contributed by atoms with Crippen molar-refractivity contribution < 1.29 is 27.9 Å². The summed E-state index contributed by atoms with van der Waals surface area (Å²) in [5, 5.41) is 27.2. The molecule has 3 N–H and O–H groups in total. The number of fused-ring (bicyclic) bond motifs is 2. The maximum absolute atomic E-state index is 13.0. The van der Waals surface area contributed by atoms with Gasteiger partial charge in [-0.2, -0.15) is 23.5 Å². The maximum atomic E-state index is 13.0. The van der Waals surface area contributed by atoms with Crippen molar-refractivity contribution in [3.63, 3.8) is 0 Å². The second kappa shape index (κ2) is 12.5. The third-order valence-corrected chi connectivity index (χ3v) is 6.62. The number of carboxylic acid groups (broad SMARTS) is 1. The van der Waals surface area contributed by atoms with Crippen molar-refractivity contribution in [3.8, 4) is 17.3 Å². The smallest absolute Gasteiger partial charge is 0.475 e. The van der Waals surface area contributed by atoms with Crippen molar-refractivity contribution in [2.75, 3.05) is 5.32 Å². The van der Waals surface area contributed by atoms with Crippen LogP contribution < -0.4 is 5.32 Å². The molecule has 0 bridgehead atoms. The van der Waals surface area contributed by atoms with Crippen LogP contribution in [0.3, 0.4) is 0 Å². The molecule has 44 heavy (non-hydrogen) atoms. The molecule has 1 amide bonds. The van der Waals surface area contributed by atoms with Crippen LogP contribution in [0, 0.1) is 11.3 Å². The van der Waals surface area contributed by atoms with Crippen molar-refractivity contribution in [2.24, 2.45) is 0 Å². The van der Waals surface area contributed by atoms with Gasteiger partial charge in [-0.25, -0.2) is 14.8 Å². The molecule has 0 spiro atoms. The molecule has 0 aliphatic carbocycles. The minimum absolute atomic E-state index is 0.194. The Morgan fingerprint density at radius 1 is 1.02 bits per heavy atom. The quantitative estimate of drug-likeness (QED) is 0.202. The number of alkyl halides is 3. The number of rotatable bonds is 6. The van der Waals surface area contributed by atoms with E-state index in [4.69, 9.17) is 9.90 Å². The summed E-state index contributed by atoms with van der Waals surface area (Å²) in [6.07, 6.45) is 2.09. The lowest BCUT2D eigenvalue weighted by Crippen LogP contribution is -2.21. The fraction of sp³-hybridized carbons (Fsp3) is 0.0968. The first-order valence-corrected chi connectivity index (χ1v) is 13.0. The molecule has 3 heterocycles. The number of hydrogen-bond donors (Lipinski definition) is 3. The minimum Gasteiger partial charge on any atom is -0.475 e. The summed E-state index contributed by atoms with van der Waals surface area (Å²) in [6, 6.07) is 25.0. The molecular weight excluding hydrogens is 575 g/mol. The van der Waals surface area contributed by atoms with Gasteiger partial charge in [0, 0.05) is 34.6 Å². The van der Waals surface area contributed by atoms with Gasteiger partial charge in [0.05, 0.1) is 30.4 Å². The van der Waals surface area contributed by atoms with Crippen molar-refractivity contribution in [1.29, 1.82) is 5.26 Å². The number of halogens is 3. The second-order valence-electron chi connectivity index (χ2n) is 9.49. The minimum atomic E-state index is -5.08. The predicted molar refractivity (Wildman–Crippen MR) is 156 cm³/mol. The fourth-order valence-electron chi connectivity index (χ4n) is 4.54. The number of carboxylic acids is 1. The van der Waals surface area contributed by atoms with E-state index in [0.29, 0.717) is 11.3 Å². The van der Waals surface area contributed by atoms with Gasteiger partial charge < -0.3 is 15.4 Å². The van der Waals surface area contributed by atoms with Crippen LogP contribution in [-0.4, -0.2) is 47.9 Å². The largest absolute Gasteiger partial charge is 0.490 e. The number of benzene rings is 3. The summed E-state index contributed by atoms with van der Waals surface area (Å²) >= 11 is 0. The number of carbonyl (C=O) groups is 2. The summed E-state index contributed by atoms with van der Waals surface area (Å²) in [7, 11) is 0. The molecule has 0 aliphatic rings. The molecule has 10 nitrogen and oxygen atoms in total. The third kappa shape index (κ3) is 6.55. The lowest BCUT2D eigenvalue weighted by atomic mass is 10.0. The Labute approximate surface area is 247 Å². The van der Waals surface area contributed by atoms with Crippen molar-refractivity contribution in [3.05, 3.63) is 109 Å². The van der Waals surface area contributed by atoms with E-state index < -0.39 is 12.1 Å². The molecule has 0 saturated heterocycles. The monoisotopic (exact) mass is 597 g/mol. The van der Waals surface area contributed by atoms with E-state index in [9.17, 15) is 23.2 Å². The number of nitrogens with zero attached hydrogens (tertiary/aromatic N) is 5. The Morgan fingerprint density at radius 2 is 1.80 bits per heavy atom. The van der Waals surface area contributed by atoms with Crippen LogP contribution in [0.25, 0.3) is 33.1 Å². The average Bonchev–Trinajstić information content (AvgIpc) is 3.70. The van der Waals surface area contributed by atoms with Gasteiger partial charge in [0.15, 0.2) is 0 Å². The Balaban J connectivity index is 0.000000493. The number of anilines is 1. The first-order valence-electron chi connectivity index (χ1n) is 13.0. The van der Waals surface area contributed by atoms with Crippen LogP contribution >= 0.6 is 0 Å². The van der Waals surface area contributed by atoms with E-state index >= 15 is 0 Å². The van der Waals surface area contributed by atoms with Gasteiger partial charge >= 0.3 is 12.1 Å². The number of aromatic amines is 1. The maximum Gasteiger partial charge on any atom is 0.490 e. The highest BCUT2D eigenvalue weighted by Gasteiger charge is 2.38. The number of carbonyl (C=O) groups excluding carboxylic acids is 1. The molecule has 0 saturated carbocycles. The number of aliphatic carboxylic acids is 1. The molecule has 3 aromatic heterocycles. The van der Waals surface area contributed by atoms with Gasteiger partial charge in [-0.3, -0.25) is 9.48 Å². The molecule has 0 fully saturated rings. The molecule has 6 rings (SSSR count). The summed E-state index contributed by atoms with van der Waals surface area (Å²) in [5.41, 5.74) is 4.44. The summed E-state index contributed by atoms with van der Waals surface area (Å²) in [5.74, 6) is -2.95. The van der Waals surface area contributed by atoms with E-state index in [1.165, 1.54) is 6.33 Å². The molecule has 220 valence electrons. The zero-order chi connectivity index (χ0) is 31.3. The van der Waals surface area contributed by atoms with E-state index in [1.807, 2.05) is 85.2 Å². The van der Waals surface area contributed by atoms with Crippen molar-refractivity contribution in [2.45, 2.75) is 18.6 Å². The van der Waals surface area contributed by atoms with Crippen molar-refractivity contribution in [1.82, 2.24) is 24.7 Å². The van der Waals surface area contributed by atoms with E-state index in [0.717, 1.165) is 38.6 Å². The normalized spacial score (nSPS) is 11.8. The summed E-state index contributed by atoms with van der Waals surface area (Å²) < 4.78 is 33.5. The van der Waals surface area contributed by atoms with Crippen LogP contribution in [0.15, 0.2) is 97.7 Å². The average molecular weight is 598 g/mol. The highest BCUT2D eigenvalue weighted by molar-refractivity contribution is 6.06. The van der Waals surface area contributed by atoms with Crippen LogP contribution in [0.2, 0.25) is 0 Å². The van der Waals surface area contributed by atoms with Gasteiger partial charge in [-0.15, -0.1) is 0 Å². The number of H-pyrrole nitrogens is 1. The molecule has 1 unspecified atom stereocenters. The lowest BCUT2D eigenvalue weighted by Gasteiger charge is -2.16. The van der Waals surface area contributed by atoms with E-state index in [-0.39, 0.29) is 18.4 Å². The SMILES string of the molecule is N#CCC(c1cccc(NC(=O)c2ccc3ccccc3c2)c1)n1cc(-c2ncnc3[nH]ccc23)cn1.O=C(O)C(F)(F)F. The van der Waals surface area contributed by atoms with Crippen LogP contribution in [0.5, 0.6) is 0 Å². The second-order valence-corrected chi connectivity index (χ2v) is 9.49. The summed E-state index contributed by atoms with van der Waals surface area (Å²) in [6.45, 7) is 0. The highest BCUT2D eigenvalue weighted by Crippen LogP contribution is 2.29. The number of nitrogens with one attached hydrogen (secondary N) is 2. The zero-order valence-corrected chi connectivity index (χ0v) is 22.7. The molecule has 13 heteroatoms.